The molecule has 2 N–H and O–H groups in total. The van der Waals surface area contributed by atoms with Gasteiger partial charge in [0.15, 0.2) is 0 Å². The molecule has 0 aliphatic heterocycles. The summed E-state index contributed by atoms with van der Waals surface area (Å²) in [6, 6.07) is 10.1. The lowest BCUT2D eigenvalue weighted by Crippen LogP contribution is -2.11. The van der Waals surface area contributed by atoms with Gasteiger partial charge in [0, 0.05) is 23.5 Å². The predicted octanol–water partition coefficient (Wildman–Crippen LogP) is 4.74. The first kappa shape index (κ1) is 19.1. The largest absolute Gasteiger partial charge is 0.462 e. The third-order valence-corrected chi connectivity index (χ3v) is 3.91. The number of carbonyl (C=O) groups excluding carboxylic acids is 2. The number of anilines is 2. The summed E-state index contributed by atoms with van der Waals surface area (Å²) in [5, 5.41) is 6.99. The van der Waals surface area contributed by atoms with Crippen LogP contribution in [0.5, 0.6) is 0 Å². The van der Waals surface area contributed by atoms with E-state index in [4.69, 9.17) is 27.9 Å². The molecule has 1 amide bonds. The van der Waals surface area contributed by atoms with E-state index >= 15 is 0 Å². The molecule has 0 aliphatic carbocycles. The van der Waals surface area contributed by atoms with Gasteiger partial charge in [0.25, 0.3) is 0 Å². The van der Waals surface area contributed by atoms with Crippen LogP contribution in [-0.2, 0) is 16.1 Å². The molecule has 2 aromatic carbocycles. The highest BCUT2D eigenvalue weighted by atomic mass is 35.5. The maximum Gasteiger partial charge on any atom is 0.338 e. The van der Waals surface area contributed by atoms with Gasteiger partial charge < -0.3 is 15.4 Å². The molecule has 0 fully saturated rings. The zero-order chi connectivity index (χ0) is 18.4. The molecule has 0 heterocycles. The smallest absolute Gasteiger partial charge is 0.338 e. The highest BCUT2D eigenvalue weighted by Gasteiger charge is 2.12. The maximum absolute atomic E-state index is 11.9. The molecule has 2 rings (SSSR count). The van der Waals surface area contributed by atoms with Gasteiger partial charge in [-0.3, -0.25) is 4.79 Å². The van der Waals surface area contributed by atoms with Gasteiger partial charge in [-0.25, -0.2) is 4.79 Å². The van der Waals surface area contributed by atoms with Crippen LogP contribution in [0, 0.1) is 0 Å². The van der Waals surface area contributed by atoms with Crippen LogP contribution in [0.25, 0.3) is 0 Å². The summed E-state index contributed by atoms with van der Waals surface area (Å²) in [6.45, 7) is 3.84. The summed E-state index contributed by atoms with van der Waals surface area (Å²) in [7, 11) is 0. The van der Waals surface area contributed by atoms with E-state index in [-0.39, 0.29) is 12.5 Å². The van der Waals surface area contributed by atoms with E-state index in [9.17, 15) is 9.59 Å². The van der Waals surface area contributed by atoms with Gasteiger partial charge in [0.05, 0.1) is 23.5 Å². The molecule has 5 nitrogen and oxygen atoms in total. The van der Waals surface area contributed by atoms with Crippen LogP contribution in [0.1, 0.15) is 29.8 Å². The second kappa shape index (κ2) is 8.74. The Kier molecular flexibility index (Phi) is 6.67. The monoisotopic (exact) mass is 380 g/mol. The molecule has 0 aromatic heterocycles. The van der Waals surface area contributed by atoms with Crippen LogP contribution >= 0.6 is 23.2 Å². The van der Waals surface area contributed by atoms with Gasteiger partial charge in [-0.05, 0) is 42.8 Å². The highest BCUT2D eigenvalue weighted by Crippen LogP contribution is 2.27. The lowest BCUT2D eigenvalue weighted by atomic mass is 10.1. The maximum atomic E-state index is 11.9. The standard InChI is InChI=1S/C18H18Cl2N2O3/c1-3-25-18(24)12-5-7-16(22-11(2)23)17(8-12)21-10-13-4-6-14(19)9-15(13)20/h4-9,21H,3,10H2,1-2H3,(H,22,23). The molecule has 0 spiro atoms. The number of halogens is 2. The number of carbonyl (C=O) groups is 2. The molecule has 0 saturated carbocycles. The van der Waals surface area contributed by atoms with Gasteiger partial charge in [0.1, 0.15) is 0 Å². The van der Waals surface area contributed by atoms with E-state index in [1.807, 2.05) is 6.07 Å². The Balaban J connectivity index is 2.26. The summed E-state index contributed by atoms with van der Waals surface area (Å²) in [4.78, 5) is 23.3. The second-order valence-electron chi connectivity index (χ2n) is 5.25. The van der Waals surface area contributed by atoms with Crippen LogP contribution in [-0.4, -0.2) is 18.5 Å². The van der Waals surface area contributed by atoms with Crippen molar-refractivity contribution in [2.75, 3.05) is 17.2 Å². The average Bonchev–Trinajstić information content (AvgIpc) is 2.55. The number of nitrogens with one attached hydrogen (secondary N) is 2. The molecule has 0 atom stereocenters. The first-order valence-corrected chi connectivity index (χ1v) is 8.43. The van der Waals surface area contributed by atoms with Crippen LogP contribution in [0.2, 0.25) is 10.0 Å². The SMILES string of the molecule is CCOC(=O)c1ccc(NC(C)=O)c(NCc2ccc(Cl)cc2Cl)c1. The summed E-state index contributed by atoms with van der Waals surface area (Å²) >= 11 is 12.1. The summed E-state index contributed by atoms with van der Waals surface area (Å²) < 4.78 is 5.01. The fourth-order valence-corrected chi connectivity index (χ4v) is 2.66. The van der Waals surface area contributed by atoms with Crippen molar-refractivity contribution in [1.29, 1.82) is 0 Å². The Bertz CT molecular complexity index is 794. The number of ether oxygens (including phenoxy) is 1. The number of hydrogen-bond acceptors (Lipinski definition) is 4. The van der Waals surface area contributed by atoms with Crippen molar-refractivity contribution in [2.24, 2.45) is 0 Å². The topological polar surface area (TPSA) is 67.4 Å². The molecule has 0 aliphatic rings. The first-order chi connectivity index (χ1) is 11.9. The van der Waals surface area contributed by atoms with Crippen molar-refractivity contribution in [2.45, 2.75) is 20.4 Å². The van der Waals surface area contributed by atoms with E-state index in [2.05, 4.69) is 10.6 Å². The van der Waals surface area contributed by atoms with Gasteiger partial charge in [0.2, 0.25) is 5.91 Å². The quantitative estimate of drug-likeness (QED) is 0.710. The van der Waals surface area contributed by atoms with Crippen LogP contribution < -0.4 is 10.6 Å². The van der Waals surface area contributed by atoms with Gasteiger partial charge in [-0.2, -0.15) is 0 Å². The molecular formula is C18H18Cl2N2O3. The molecule has 132 valence electrons. The zero-order valence-corrected chi connectivity index (χ0v) is 15.4. The minimum Gasteiger partial charge on any atom is -0.462 e. The Morgan fingerprint density at radius 3 is 2.48 bits per heavy atom. The lowest BCUT2D eigenvalue weighted by Gasteiger charge is -2.14. The van der Waals surface area contributed by atoms with Crippen molar-refractivity contribution < 1.29 is 14.3 Å². The van der Waals surface area contributed by atoms with Crippen molar-refractivity contribution in [3.8, 4) is 0 Å². The van der Waals surface area contributed by atoms with Gasteiger partial charge >= 0.3 is 5.97 Å². The van der Waals surface area contributed by atoms with Crippen LogP contribution in [0.3, 0.4) is 0 Å². The summed E-state index contributed by atoms with van der Waals surface area (Å²) in [6.07, 6.45) is 0. The van der Waals surface area contributed by atoms with Gasteiger partial charge in [-0.1, -0.05) is 29.3 Å². The number of amides is 1. The van der Waals surface area contributed by atoms with Crippen molar-refractivity contribution in [1.82, 2.24) is 0 Å². The number of hydrogen-bond donors (Lipinski definition) is 2. The zero-order valence-electron chi connectivity index (χ0n) is 13.9. The van der Waals surface area contributed by atoms with Gasteiger partial charge in [-0.15, -0.1) is 0 Å². The lowest BCUT2D eigenvalue weighted by molar-refractivity contribution is -0.114. The van der Waals surface area contributed by atoms with Crippen molar-refractivity contribution in [3.63, 3.8) is 0 Å². The Morgan fingerprint density at radius 1 is 1.08 bits per heavy atom. The number of benzene rings is 2. The van der Waals surface area contributed by atoms with E-state index < -0.39 is 5.97 Å². The third-order valence-electron chi connectivity index (χ3n) is 3.33. The normalized spacial score (nSPS) is 10.2. The Hall–Kier alpha value is -2.24. The molecular weight excluding hydrogens is 363 g/mol. The highest BCUT2D eigenvalue weighted by molar-refractivity contribution is 6.35. The molecule has 25 heavy (non-hydrogen) atoms. The molecule has 7 heteroatoms. The fourth-order valence-electron chi connectivity index (χ4n) is 2.19. The first-order valence-electron chi connectivity index (χ1n) is 7.67. The van der Waals surface area contributed by atoms with E-state index in [1.165, 1.54) is 6.92 Å². The molecule has 0 bridgehead atoms. The molecule has 0 radical (unpaired) electrons. The van der Waals surface area contributed by atoms with Crippen LogP contribution in [0.15, 0.2) is 36.4 Å². The fraction of sp³-hybridized carbons (Fsp3) is 0.222. The Labute approximate surface area is 156 Å². The number of esters is 1. The summed E-state index contributed by atoms with van der Waals surface area (Å²) in [5.41, 5.74) is 2.37. The molecule has 0 saturated heterocycles. The Morgan fingerprint density at radius 2 is 1.84 bits per heavy atom. The molecule has 2 aromatic rings. The predicted molar refractivity (Wildman–Crippen MR) is 100 cm³/mol. The number of rotatable bonds is 6. The summed E-state index contributed by atoms with van der Waals surface area (Å²) in [5.74, 6) is -0.638. The third kappa shape index (κ3) is 5.37. The van der Waals surface area contributed by atoms with Crippen molar-refractivity contribution in [3.05, 3.63) is 57.6 Å². The average molecular weight is 381 g/mol. The minimum atomic E-state index is -0.426. The van der Waals surface area contributed by atoms with E-state index in [1.54, 1.807) is 37.3 Å². The van der Waals surface area contributed by atoms with E-state index in [0.29, 0.717) is 33.5 Å². The van der Waals surface area contributed by atoms with E-state index in [0.717, 1.165) is 5.56 Å². The van der Waals surface area contributed by atoms with Crippen LogP contribution in [0.4, 0.5) is 11.4 Å². The van der Waals surface area contributed by atoms with Crippen molar-refractivity contribution >= 4 is 46.5 Å². The molecule has 0 unspecified atom stereocenters. The second-order valence-corrected chi connectivity index (χ2v) is 6.09. The minimum absolute atomic E-state index is 0.212.